The molecule has 0 aromatic carbocycles. The van der Waals surface area contributed by atoms with Crippen LogP contribution in [0.2, 0.25) is 0 Å². The van der Waals surface area contributed by atoms with Crippen LogP contribution in [0.25, 0.3) is 0 Å². The van der Waals surface area contributed by atoms with Gasteiger partial charge in [0.05, 0.1) is 0 Å². The van der Waals surface area contributed by atoms with Gasteiger partial charge in [-0.15, -0.1) is 0 Å². The molecule has 0 amide bonds. The van der Waals surface area contributed by atoms with E-state index in [1.54, 1.807) is 16.2 Å². The zero-order valence-electron chi connectivity index (χ0n) is 10.9. The van der Waals surface area contributed by atoms with Crippen LogP contribution in [0.3, 0.4) is 0 Å². The van der Waals surface area contributed by atoms with Crippen LogP contribution < -0.4 is 11.0 Å². The van der Waals surface area contributed by atoms with Gasteiger partial charge in [-0.1, -0.05) is 19.8 Å². The van der Waals surface area contributed by atoms with Crippen LogP contribution in [0.1, 0.15) is 32.6 Å². The van der Waals surface area contributed by atoms with E-state index in [0.717, 1.165) is 19.0 Å². The molecule has 1 aromatic heterocycles. The lowest BCUT2D eigenvalue weighted by atomic mass is 9.86. The number of nitrogens with one attached hydrogen (secondary N) is 1. The molecule has 1 aliphatic carbocycles. The van der Waals surface area contributed by atoms with E-state index in [2.05, 4.69) is 12.2 Å². The van der Waals surface area contributed by atoms with Crippen molar-refractivity contribution in [1.29, 1.82) is 0 Å². The summed E-state index contributed by atoms with van der Waals surface area (Å²) in [6.45, 7) is 3.98. The van der Waals surface area contributed by atoms with Gasteiger partial charge in [0.1, 0.15) is 0 Å². The van der Waals surface area contributed by atoms with Gasteiger partial charge >= 0.3 is 5.69 Å². The second-order valence-corrected chi connectivity index (χ2v) is 5.21. The predicted molar refractivity (Wildman–Crippen MR) is 69.1 cm³/mol. The molecule has 1 fully saturated rings. The number of aromatic nitrogens is 2. The van der Waals surface area contributed by atoms with Gasteiger partial charge in [-0.25, -0.2) is 4.79 Å². The van der Waals surface area contributed by atoms with Gasteiger partial charge in [0, 0.05) is 38.6 Å². The Morgan fingerprint density at radius 1 is 1.35 bits per heavy atom. The highest BCUT2D eigenvalue weighted by atomic mass is 16.1. The van der Waals surface area contributed by atoms with Gasteiger partial charge < -0.3 is 9.88 Å². The van der Waals surface area contributed by atoms with Crippen LogP contribution in [-0.4, -0.2) is 21.7 Å². The molecule has 0 spiro atoms. The van der Waals surface area contributed by atoms with Gasteiger partial charge in [0.15, 0.2) is 0 Å². The van der Waals surface area contributed by atoms with Gasteiger partial charge in [-0.2, -0.15) is 0 Å². The summed E-state index contributed by atoms with van der Waals surface area (Å²) in [4.78, 5) is 11.6. The van der Waals surface area contributed by atoms with Crippen LogP contribution in [-0.2, 0) is 13.6 Å². The fourth-order valence-electron chi connectivity index (χ4n) is 2.67. The topological polar surface area (TPSA) is 39.0 Å². The third kappa shape index (κ3) is 3.00. The minimum atomic E-state index is 0.0727. The zero-order valence-corrected chi connectivity index (χ0v) is 10.9. The summed E-state index contributed by atoms with van der Waals surface area (Å²) in [5.41, 5.74) is 0.0727. The average molecular weight is 237 g/mol. The third-order valence-electron chi connectivity index (χ3n) is 3.89. The van der Waals surface area contributed by atoms with Gasteiger partial charge in [-0.05, 0) is 18.8 Å². The molecule has 4 nitrogen and oxygen atoms in total. The summed E-state index contributed by atoms with van der Waals surface area (Å²) in [6.07, 6.45) is 9.00. The van der Waals surface area contributed by atoms with E-state index >= 15 is 0 Å². The molecule has 96 valence electrons. The molecule has 0 aliphatic heterocycles. The normalized spacial score (nSPS) is 25.1. The second kappa shape index (κ2) is 5.54. The molecule has 1 saturated carbocycles. The Morgan fingerprint density at radius 3 is 2.76 bits per heavy atom. The highest BCUT2D eigenvalue weighted by Gasteiger charge is 2.20. The number of hydrogen-bond acceptors (Lipinski definition) is 2. The lowest BCUT2D eigenvalue weighted by Gasteiger charge is -2.29. The van der Waals surface area contributed by atoms with E-state index in [4.69, 9.17) is 0 Å². The highest BCUT2D eigenvalue weighted by molar-refractivity contribution is 4.81. The fourth-order valence-corrected chi connectivity index (χ4v) is 2.67. The van der Waals surface area contributed by atoms with Crippen LogP contribution >= 0.6 is 0 Å². The van der Waals surface area contributed by atoms with E-state index in [1.165, 1.54) is 25.7 Å². The molecule has 1 heterocycles. The summed E-state index contributed by atoms with van der Waals surface area (Å²) in [6, 6.07) is 0.642. The quantitative estimate of drug-likeness (QED) is 0.858. The standard InChI is InChI=1S/C13H23N3O/c1-11-5-3-4-6-12(11)14-7-8-16-10-9-15(2)13(16)17/h9-12,14H,3-8H2,1-2H3. The Kier molecular flexibility index (Phi) is 4.05. The molecular formula is C13H23N3O. The molecule has 17 heavy (non-hydrogen) atoms. The van der Waals surface area contributed by atoms with E-state index in [9.17, 15) is 4.79 Å². The first-order chi connectivity index (χ1) is 8.18. The molecule has 1 aliphatic rings. The van der Waals surface area contributed by atoms with Crippen molar-refractivity contribution in [3.8, 4) is 0 Å². The summed E-state index contributed by atoms with van der Waals surface area (Å²) in [5.74, 6) is 0.774. The Bertz CT molecular complexity index is 407. The first kappa shape index (κ1) is 12.4. The molecule has 4 heteroatoms. The lowest BCUT2D eigenvalue weighted by Crippen LogP contribution is -2.39. The van der Waals surface area contributed by atoms with Crippen molar-refractivity contribution in [2.45, 2.75) is 45.2 Å². The van der Waals surface area contributed by atoms with Crippen molar-refractivity contribution < 1.29 is 0 Å². The Hall–Kier alpha value is -1.03. The molecular weight excluding hydrogens is 214 g/mol. The van der Waals surface area contributed by atoms with Gasteiger partial charge in [0.25, 0.3) is 0 Å². The summed E-state index contributed by atoms with van der Waals surface area (Å²) in [5, 5.41) is 3.59. The molecule has 0 saturated heterocycles. The number of imidazole rings is 1. The maximum atomic E-state index is 11.6. The van der Waals surface area contributed by atoms with Crippen LogP contribution in [0.4, 0.5) is 0 Å². The summed E-state index contributed by atoms with van der Waals surface area (Å²) in [7, 11) is 1.79. The molecule has 2 atom stereocenters. The Balaban J connectivity index is 1.79. The third-order valence-corrected chi connectivity index (χ3v) is 3.89. The van der Waals surface area contributed by atoms with Crippen molar-refractivity contribution in [2.75, 3.05) is 6.54 Å². The average Bonchev–Trinajstić information content (AvgIpc) is 2.63. The number of nitrogens with zero attached hydrogens (tertiary/aromatic N) is 2. The zero-order chi connectivity index (χ0) is 12.3. The van der Waals surface area contributed by atoms with E-state index in [0.29, 0.717) is 6.04 Å². The van der Waals surface area contributed by atoms with Crippen molar-refractivity contribution in [2.24, 2.45) is 13.0 Å². The maximum absolute atomic E-state index is 11.6. The molecule has 1 N–H and O–H groups in total. The first-order valence-corrected chi connectivity index (χ1v) is 6.63. The van der Waals surface area contributed by atoms with Gasteiger partial charge in [-0.3, -0.25) is 4.57 Å². The van der Waals surface area contributed by atoms with Crippen molar-refractivity contribution in [1.82, 2.24) is 14.5 Å². The summed E-state index contributed by atoms with van der Waals surface area (Å²) < 4.78 is 3.38. The van der Waals surface area contributed by atoms with Crippen molar-refractivity contribution >= 4 is 0 Å². The van der Waals surface area contributed by atoms with Crippen molar-refractivity contribution in [3.05, 3.63) is 22.9 Å². The Morgan fingerprint density at radius 2 is 2.12 bits per heavy atom. The first-order valence-electron chi connectivity index (χ1n) is 6.63. The van der Waals surface area contributed by atoms with Crippen LogP contribution in [0.5, 0.6) is 0 Å². The highest BCUT2D eigenvalue weighted by Crippen LogP contribution is 2.23. The minimum absolute atomic E-state index is 0.0727. The molecule has 1 aromatic rings. The van der Waals surface area contributed by atoms with Crippen LogP contribution in [0, 0.1) is 5.92 Å². The number of aryl methyl sites for hydroxylation is 1. The predicted octanol–water partition coefficient (Wildman–Crippen LogP) is 1.36. The lowest BCUT2D eigenvalue weighted by molar-refractivity contribution is 0.278. The number of hydrogen-bond donors (Lipinski definition) is 1. The molecule has 2 rings (SSSR count). The molecule has 0 radical (unpaired) electrons. The van der Waals surface area contributed by atoms with Gasteiger partial charge in [0.2, 0.25) is 0 Å². The van der Waals surface area contributed by atoms with Crippen LogP contribution in [0.15, 0.2) is 17.2 Å². The largest absolute Gasteiger partial charge is 0.327 e. The smallest absolute Gasteiger partial charge is 0.312 e. The molecule has 0 bridgehead atoms. The minimum Gasteiger partial charge on any atom is -0.312 e. The maximum Gasteiger partial charge on any atom is 0.327 e. The Labute approximate surface area is 103 Å². The monoisotopic (exact) mass is 237 g/mol. The number of rotatable bonds is 4. The van der Waals surface area contributed by atoms with E-state index in [1.807, 2.05) is 12.4 Å². The SMILES string of the molecule is CC1CCCCC1NCCn1ccn(C)c1=O. The van der Waals surface area contributed by atoms with E-state index < -0.39 is 0 Å². The van der Waals surface area contributed by atoms with E-state index in [-0.39, 0.29) is 5.69 Å². The fraction of sp³-hybridized carbons (Fsp3) is 0.769. The molecule has 2 unspecified atom stereocenters. The second-order valence-electron chi connectivity index (χ2n) is 5.21. The summed E-state index contributed by atoms with van der Waals surface area (Å²) >= 11 is 0. The van der Waals surface area contributed by atoms with Crippen molar-refractivity contribution in [3.63, 3.8) is 0 Å².